The van der Waals surface area contributed by atoms with Gasteiger partial charge in [0.05, 0.1) is 10.9 Å². The molecule has 0 spiro atoms. The molecule has 2 aromatic rings. The molecule has 0 aliphatic rings. The van der Waals surface area contributed by atoms with E-state index < -0.39 is 5.92 Å². The number of aryl methyl sites for hydroxylation is 1. The van der Waals surface area contributed by atoms with E-state index in [1.54, 1.807) is 12.1 Å². The van der Waals surface area contributed by atoms with Crippen LogP contribution in [0.25, 0.3) is 0 Å². The maximum atomic E-state index is 12.3. The first-order valence-corrected chi connectivity index (χ1v) is 6.99. The summed E-state index contributed by atoms with van der Waals surface area (Å²) in [6.07, 6.45) is 0. The van der Waals surface area contributed by atoms with Crippen molar-refractivity contribution >= 4 is 33.0 Å². The van der Waals surface area contributed by atoms with Gasteiger partial charge in [0, 0.05) is 9.35 Å². The second-order valence-electron chi connectivity index (χ2n) is 3.86. The van der Waals surface area contributed by atoms with Crippen LogP contribution < -0.4 is 0 Å². The van der Waals surface area contributed by atoms with Gasteiger partial charge in [0.1, 0.15) is 5.92 Å². The van der Waals surface area contributed by atoms with Crippen molar-refractivity contribution in [2.45, 2.75) is 12.8 Å². The van der Waals surface area contributed by atoms with Crippen LogP contribution in [0, 0.1) is 18.3 Å². The third kappa shape index (κ3) is 2.53. The summed E-state index contributed by atoms with van der Waals surface area (Å²) < 4.78 is 0.790. The Labute approximate surface area is 118 Å². The minimum absolute atomic E-state index is 0.137. The van der Waals surface area contributed by atoms with E-state index in [-0.39, 0.29) is 5.78 Å². The molecule has 0 radical (unpaired) electrons. The van der Waals surface area contributed by atoms with Crippen molar-refractivity contribution in [3.8, 4) is 6.07 Å². The molecular weight excluding hydrogens is 310 g/mol. The first-order valence-electron chi connectivity index (χ1n) is 5.38. The van der Waals surface area contributed by atoms with Crippen LogP contribution in [-0.2, 0) is 0 Å². The smallest absolute Gasteiger partial charge is 0.194 e. The number of benzene rings is 1. The molecule has 0 aliphatic heterocycles. The summed E-state index contributed by atoms with van der Waals surface area (Å²) in [7, 11) is 0. The summed E-state index contributed by atoms with van der Waals surface area (Å²) in [6, 6.07) is 13.1. The molecule has 0 aliphatic carbocycles. The minimum Gasteiger partial charge on any atom is -0.291 e. The lowest BCUT2D eigenvalue weighted by molar-refractivity contribution is 0.0982. The molecule has 0 fully saturated rings. The van der Waals surface area contributed by atoms with E-state index in [1.807, 2.05) is 31.2 Å². The zero-order valence-corrected chi connectivity index (χ0v) is 12.1. The van der Waals surface area contributed by atoms with E-state index in [2.05, 4.69) is 22.0 Å². The quantitative estimate of drug-likeness (QED) is 0.791. The highest BCUT2D eigenvalue weighted by Gasteiger charge is 2.24. The molecule has 1 aromatic heterocycles. The number of thiophene rings is 1. The van der Waals surface area contributed by atoms with Crippen LogP contribution in [0.4, 0.5) is 0 Å². The van der Waals surface area contributed by atoms with E-state index in [1.165, 1.54) is 11.3 Å². The summed E-state index contributed by atoms with van der Waals surface area (Å²) >= 11 is 4.81. The third-order valence-corrected chi connectivity index (χ3v) is 4.33. The van der Waals surface area contributed by atoms with Gasteiger partial charge in [-0.15, -0.1) is 11.3 Å². The topological polar surface area (TPSA) is 40.9 Å². The molecule has 4 heteroatoms. The van der Waals surface area contributed by atoms with Crippen molar-refractivity contribution in [3.63, 3.8) is 0 Å². The second kappa shape index (κ2) is 5.47. The van der Waals surface area contributed by atoms with Crippen LogP contribution in [0.5, 0.6) is 0 Å². The molecule has 1 atom stereocenters. The Morgan fingerprint density at radius 2 is 2.06 bits per heavy atom. The van der Waals surface area contributed by atoms with Gasteiger partial charge in [-0.25, -0.2) is 0 Å². The van der Waals surface area contributed by atoms with Crippen LogP contribution in [0.1, 0.15) is 26.0 Å². The van der Waals surface area contributed by atoms with Crippen molar-refractivity contribution in [2.24, 2.45) is 0 Å². The van der Waals surface area contributed by atoms with Gasteiger partial charge < -0.3 is 0 Å². The Morgan fingerprint density at radius 3 is 2.61 bits per heavy atom. The number of carbonyl (C=O) groups is 1. The van der Waals surface area contributed by atoms with Gasteiger partial charge in [-0.1, -0.05) is 34.1 Å². The minimum atomic E-state index is -0.751. The van der Waals surface area contributed by atoms with E-state index in [0.717, 1.165) is 14.9 Å². The Kier molecular flexibility index (Phi) is 3.95. The molecule has 0 N–H and O–H groups in total. The van der Waals surface area contributed by atoms with Crippen molar-refractivity contribution in [1.29, 1.82) is 5.26 Å². The van der Waals surface area contributed by atoms with Gasteiger partial charge in [-0.05, 0) is 30.7 Å². The number of nitriles is 1. The fourth-order valence-corrected chi connectivity index (χ4v) is 3.04. The largest absolute Gasteiger partial charge is 0.291 e. The van der Waals surface area contributed by atoms with Crippen LogP contribution in [0.3, 0.4) is 0 Å². The molecule has 0 saturated carbocycles. The van der Waals surface area contributed by atoms with Crippen molar-refractivity contribution < 1.29 is 4.79 Å². The summed E-state index contributed by atoms with van der Waals surface area (Å²) in [5, 5.41) is 9.26. The molecule has 1 heterocycles. The predicted octanol–water partition coefficient (Wildman–Crippen LogP) is 4.31. The molecular formula is C14H10BrNOS. The monoisotopic (exact) mass is 319 g/mol. The average Bonchev–Trinajstić information content (AvgIpc) is 2.79. The number of hydrogen-bond donors (Lipinski definition) is 0. The second-order valence-corrected chi connectivity index (χ2v) is 6.00. The van der Waals surface area contributed by atoms with Crippen LogP contribution in [-0.4, -0.2) is 5.78 Å². The number of rotatable bonds is 3. The average molecular weight is 320 g/mol. The third-order valence-electron chi connectivity index (χ3n) is 2.59. The van der Waals surface area contributed by atoms with E-state index >= 15 is 0 Å². The SMILES string of the molecule is Cc1ccc(C(=O)C(C#N)c2ccccc2Br)s1. The highest BCUT2D eigenvalue weighted by atomic mass is 79.9. The zero-order chi connectivity index (χ0) is 13.1. The molecule has 90 valence electrons. The molecule has 0 bridgehead atoms. The summed E-state index contributed by atoms with van der Waals surface area (Å²) in [4.78, 5) is 14.0. The normalized spacial score (nSPS) is 11.8. The van der Waals surface area contributed by atoms with Gasteiger partial charge in [0.15, 0.2) is 5.78 Å². The van der Waals surface area contributed by atoms with Crippen LogP contribution in [0.15, 0.2) is 40.9 Å². The van der Waals surface area contributed by atoms with Gasteiger partial charge in [-0.3, -0.25) is 4.79 Å². The fraction of sp³-hybridized carbons (Fsp3) is 0.143. The lowest BCUT2D eigenvalue weighted by atomic mass is 9.95. The Bertz CT molecular complexity index is 627. The fourth-order valence-electron chi connectivity index (χ4n) is 1.69. The Morgan fingerprint density at radius 1 is 1.33 bits per heavy atom. The molecule has 1 aromatic carbocycles. The van der Waals surface area contributed by atoms with E-state index in [4.69, 9.17) is 0 Å². The molecule has 2 rings (SSSR count). The van der Waals surface area contributed by atoms with Crippen molar-refractivity contribution in [1.82, 2.24) is 0 Å². The van der Waals surface area contributed by atoms with Crippen molar-refractivity contribution in [3.05, 3.63) is 56.2 Å². The predicted molar refractivity (Wildman–Crippen MR) is 75.9 cm³/mol. The Hall–Kier alpha value is -1.44. The number of hydrogen-bond acceptors (Lipinski definition) is 3. The standard InChI is InChI=1S/C14H10BrNOS/c1-9-6-7-13(18-9)14(17)11(8-16)10-4-2-3-5-12(10)15/h2-7,11H,1H3. The van der Waals surface area contributed by atoms with Gasteiger partial charge >= 0.3 is 0 Å². The number of halogens is 1. The lowest BCUT2D eigenvalue weighted by Gasteiger charge is -2.09. The maximum Gasteiger partial charge on any atom is 0.194 e. The highest BCUT2D eigenvalue weighted by molar-refractivity contribution is 9.10. The maximum absolute atomic E-state index is 12.3. The van der Waals surface area contributed by atoms with Crippen LogP contribution in [0.2, 0.25) is 0 Å². The van der Waals surface area contributed by atoms with Gasteiger partial charge in [0.25, 0.3) is 0 Å². The van der Waals surface area contributed by atoms with E-state index in [0.29, 0.717) is 4.88 Å². The molecule has 0 amide bonds. The van der Waals surface area contributed by atoms with Gasteiger partial charge in [-0.2, -0.15) is 5.26 Å². The first kappa shape index (κ1) is 13.0. The molecule has 1 unspecified atom stereocenters. The van der Waals surface area contributed by atoms with Crippen molar-refractivity contribution in [2.75, 3.05) is 0 Å². The highest BCUT2D eigenvalue weighted by Crippen LogP contribution is 2.29. The number of carbonyl (C=O) groups excluding carboxylic acids is 1. The summed E-state index contributed by atoms with van der Waals surface area (Å²) in [5.74, 6) is -0.888. The molecule has 2 nitrogen and oxygen atoms in total. The first-order chi connectivity index (χ1) is 8.63. The van der Waals surface area contributed by atoms with Crippen LogP contribution >= 0.6 is 27.3 Å². The molecule has 18 heavy (non-hydrogen) atoms. The lowest BCUT2D eigenvalue weighted by Crippen LogP contribution is -2.10. The zero-order valence-electron chi connectivity index (χ0n) is 9.68. The van der Waals surface area contributed by atoms with Gasteiger partial charge in [0.2, 0.25) is 0 Å². The van der Waals surface area contributed by atoms with E-state index in [9.17, 15) is 10.1 Å². The number of nitrogens with zero attached hydrogens (tertiary/aromatic N) is 1. The summed E-state index contributed by atoms with van der Waals surface area (Å²) in [5.41, 5.74) is 0.719. The summed E-state index contributed by atoms with van der Waals surface area (Å²) in [6.45, 7) is 1.95. The molecule has 0 saturated heterocycles. The number of ketones is 1. The number of Topliss-reactive ketones (excluding diaryl/α,β-unsaturated/α-hetero) is 1. The Balaban J connectivity index is 2.39.